The number of benzene rings is 2. The molecule has 6 heteroatoms. The van der Waals surface area contributed by atoms with Crippen LogP contribution in [-0.2, 0) is 0 Å². The summed E-state index contributed by atoms with van der Waals surface area (Å²) in [7, 11) is 0. The molecule has 0 aliphatic carbocycles. The van der Waals surface area contributed by atoms with Gasteiger partial charge in [-0.15, -0.1) is 0 Å². The molecular formula is C15H12N2O4. The number of rotatable bonds is 3. The summed E-state index contributed by atoms with van der Waals surface area (Å²) < 4.78 is 0. The van der Waals surface area contributed by atoms with Crippen LogP contribution < -0.4 is 10.6 Å². The average molecular weight is 284 g/mol. The Hall–Kier alpha value is -3.15. The van der Waals surface area contributed by atoms with Crippen LogP contribution in [0.3, 0.4) is 0 Å². The molecule has 0 radical (unpaired) electrons. The van der Waals surface area contributed by atoms with Gasteiger partial charge < -0.3 is 10.4 Å². The highest BCUT2D eigenvalue weighted by atomic mass is 16.4. The highest BCUT2D eigenvalue weighted by Gasteiger charge is 2.14. The number of hydrogen-bond donors (Lipinski definition) is 3. The predicted octanol–water partition coefficient (Wildman–Crippen LogP) is 2.35. The number of imide groups is 1. The lowest BCUT2D eigenvalue weighted by Crippen LogP contribution is -2.34. The number of amides is 3. The molecule has 3 amide bonds. The Bertz CT molecular complexity index is 683. The maximum absolute atomic E-state index is 11.8. The fraction of sp³-hybridized carbons (Fsp3) is 0. The number of nitrogens with one attached hydrogen (secondary N) is 2. The van der Waals surface area contributed by atoms with Gasteiger partial charge >= 0.3 is 12.0 Å². The summed E-state index contributed by atoms with van der Waals surface area (Å²) in [5, 5.41) is 13.5. The molecule has 0 unspecified atom stereocenters. The molecule has 0 heterocycles. The molecule has 2 aromatic carbocycles. The van der Waals surface area contributed by atoms with Gasteiger partial charge in [0.2, 0.25) is 0 Å². The molecule has 0 atom stereocenters. The number of carbonyl (C=O) groups excluding carboxylic acids is 2. The van der Waals surface area contributed by atoms with Gasteiger partial charge in [0, 0.05) is 5.56 Å². The van der Waals surface area contributed by atoms with E-state index in [0.717, 1.165) is 0 Å². The maximum atomic E-state index is 11.8. The van der Waals surface area contributed by atoms with E-state index in [1.807, 2.05) is 0 Å². The van der Waals surface area contributed by atoms with Crippen LogP contribution in [0.15, 0.2) is 54.6 Å². The summed E-state index contributed by atoms with van der Waals surface area (Å²) in [6, 6.07) is 13.4. The van der Waals surface area contributed by atoms with Gasteiger partial charge in [-0.25, -0.2) is 9.59 Å². The molecule has 2 rings (SSSR count). The van der Waals surface area contributed by atoms with E-state index in [0.29, 0.717) is 5.56 Å². The lowest BCUT2D eigenvalue weighted by molar-refractivity contribution is 0.0698. The fourth-order valence-corrected chi connectivity index (χ4v) is 1.70. The third kappa shape index (κ3) is 3.66. The van der Waals surface area contributed by atoms with E-state index in [4.69, 9.17) is 5.11 Å². The minimum atomic E-state index is -1.17. The Kier molecular flexibility index (Phi) is 4.30. The molecule has 0 saturated carbocycles. The van der Waals surface area contributed by atoms with Gasteiger partial charge in [-0.1, -0.05) is 30.3 Å². The van der Waals surface area contributed by atoms with E-state index in [-0.39, 0.29) is 11.3 Å². The minimum Gasteiger partial charge on any atom is -0.478 e. The summed E-state index contributed by atoms with van der Waals surface area (Å²) in [5.74, 6) is -1.74. The first-order valence-corrected chi connectivity index (χ1v) is 6.07. The van der Waals surface area contributed by atoms with Crippen molar-refractivity contribution in [1.29, 1.82) is 0 Å². The van der Waals surface area contributed by atoms with E-state index < -0.39 is 17.9 Å². The van der Waals surface area contributed by atoms with Crippen LogP contribution in [-0.4, -0.2) is 23.0 Å². The summed E-state index contributed by atoms with van der Waals surface area (Å²) >= 11 is 0. The zero-order chi connectivity index (χ0) is 15.2. The Morgan fingerprint density at radius 2 is 1.48 bits per heavy atom. The zero-order valence-corrected chi connectivity index (χ0v) is 10.9. The van der Waals surface area contributed by atoms with Crippen LogP contribution in [0.2, 0.25) is 0 Å². The first-order valence-electron chi connectivity index (χ1n) is 6.07. The maximum Gasteiger partial charge on any atom is 0.337 e. The van der Waals surface area contributed by atoms with Gasteiger partial charge in [-0.2, -0.15) is 0 Å². The number of carboxylic acid groups (broad SMARTS) is 1. The highest BCUT2D eigenvalue weighted by molar-refractivity contribution is 6.09. The predicted molar refractivity (Wildman–Crippen MR) is 76.3 cm³/mol. The molecule has 2 aromatic rings. The molecule has 0 bridgehead atoms. The van der Waals surface area contributed by atoms with Crippen molar-refractivity contribution in [3.8, 4) is 0 Å². The largest absolute Gasteiger partial charge is 0.478 e. The van der Waals surface area contributed by atoms with Crippen molar-refractivity contribution in [2.24, 2.45) is 0 Å². The van der Waals surface area contributed by atoms with Crippen molar-refractivity contribution >= 4 is 23.6 Å². The Morgan fingerprint density at radius 1 is 0.857 bits per heavy atom. The van der Waals surface area contributed by atoms with E-state index in [1.165, 1.54) is 12.1 Å². The number of carbonyl (C=O) groups is 3. The number of anilines is 1. The zero-order valence-electron chi connectivity index (χ0n) is 10.9. The molecule has 6 nitrogen and oxygen atoms in total. The van der Waals surface area contributed by atoms with E-state index >= 15 is 0 Å². The third-order valence-corrected chi connectivity index (χ3v) is 2.67. The Morgan fingerprint density at radius 3 is 2.14 bits per heavy atom. The van der Waals surface area contributed by atoms with E-state index in [1.54, 1.807) is 42.5 Å². The van der Waals surface area contributed by atoms with Gasteiger partial charge in [0.05, 0.1) is 11.3 Å². The molecule has 21 heavy (non-hydrogen) atoms. The molecule has 3 N–H and O–H groups in total. The van der Waals surface area contributed by atoms with Gasteiger partial charge in [0.25, 0.3) is 5.91 Å². The molecule has 106 valence electrons. The summed E-state index contributed by atoms with van der Waals surface area (Å²) in [5.41, 5.74) is 0.391. The van der Waals surface area contributed by atoms with Gasteiger partial charge in [-0.05, 0) is 24.3 Å². The summed E-state index contributed by atoms with van der Waals surface area (Å²) in [6.07, 6.45) is 0. The second kappa shape index (κ2) is 6.33. The van der Waals surface area contributed by atoms with Crippen molar-refractivity contribution in [2.75, 3.05) is 5.32 Å². The molecule has 0 aliphatic heterocycles. The quantitative estimate of drug-likeness (QED) is 0.806. The van der Waals surface area contributed by atoms with Gasteiger partial charge in [-0.3, -0.25) is 10.1 Å². The van der Waals surface area contributed by atoms with Crippen LogP contribution in [0.5, 0.6) is 0 Å². The summed E-state index contributed by atoms with van der Waals surface area (Å²) in [6.45, 7) is 0. The SMILES string of the molecule is O=C(NC(=O)c1ccccc1)Nc1ccccc1C(=O)O. The molecule has 0 spiro atoms. The number of para-hydroxylation sites is 1. The van der Waals surface area contributed by atoms with Gasteiger partial charge in [0.15, 0.2) is 0 Å². The number of carboxylic acids is 1. The lowest BCUT2D eigenvalue weighted by Gasteiger charge is -2.09. The van der Waals surface area contributed by atoms with Crippen LogP contribution in [0.25, 0.3) is 0 Å². The Labute approximate surface area is 120 Å². The first kappa shape index (κ1) is 14.3. The first-order chi connectivity index (χ1) is 10.1. The van der Waals surface area contributed by atoms with Crippen LogP contribution in [0.4, 0.5) is 10.5 Å². The van der Waals surface area contributed by atoms with Crippen molar-refractivity contribution in [2.45, 2.75) is 0 Å². The van der Waals surface area contributed by atoms with Crippen LogP contribution in [0.1, 0.15) is 20.7 Å². The van der Waals surface area contributed by atoms with Crippen molar-refractivity contribution in [3.63, 3.8) is 0 Å². The summed E-state index contributed by atoms with van der Waals surface area (Å²) in [4.78, 5) is 34.5. The van der Waals surface area contributed by atoms with Crippen LogP contribution in [0, 0.1) is 0 Å². The van der Waals surface area contributed by atoms with Crippen LogP contribution >= 0.6 is 0 Å². The standard InChI is InChI=1S/C15H12N2O4/c18-13(10-6-2-1-3-7-10)17-15(21)16-12-9-5-4-8-11(12)14(19)20/h1-9H,(H,19,20)(H2,16,17,18,21). The number of aromatic carboxylic acids is 1. The second-order valence-corrected chi connectivity index (χ2v) is 4.13. The number of hydrogen-bond acceptors (Lipinski definition) is 3. The van der Waals surface area contributed by atoms with Crippen molar-refractivity contribution < 1.29 is 19.5 Å². The molecule has 0 saturated heterocycles. The highest BCUT2D eigenvalue weighted by Crippen LogP contribution is 2.14. The number of urea groups is 1. The normalized spacial score (nSPS) is 9.71. The molecule has 0 aliphatic rings. The third-order valence-electron chi connectivity index (χ3n) is 2.67. The molecular weight excluding hydrogens is 272 g/mol. The lowest BCUT2D eigenvalue weighted by atomic mass is 10.2. The van der Waals surface area contributed by atoms with Gasteiger partial charge in [0.1, 0.15) is 0 Å². The Balaban J connectivity index is 2.06. The topological polar surface area (TPSA) is 95.5 Å². The molecule has 0 aromatic heterocycles. The smallest absolute Gasteiger partial charge is 0.337 e. The minimum absolute atomic E-state index is 0.0557. The molecule has 0 fully saturated rings. The van der Waals surface area contributed by atoms with Crippen molar-refractivity contribution in [1.82, 2.24) is 5.32 Å². The second-order valence-electron chi connectivity index (χ2n) is 4.13. The monoisotopic (exact) mass is 284 g/mol. The van der Waals surface area contributed by atoms with E-state index in [9.17, 15) is 14.4 Å². The fourth-order valence-electron chi connectivity index (χ4n) is 1.70. The van der Waals surface area contributed by atoms with Crippen molar-refractivity contribution in [3.05, 3.63) is 65.7 Å². The van der Waals surface area contributed by atoms with E-state index in [2.05, 4.69) is 10.6 Å². The average Bonchev–Trinajstić information content (AvgIpc) is 2.48.